The van der Waals surface area contributed by atoms with E-state index in [4.69, 9.17) is 24.3 Å². The molecule has 146 valence electrons. The largest absolute Gasteiger partial charge is 0.490 e. The fraction of sp³-hybridized carbons (Fsp3) is 0.235. The van der Waals surface area contributed by atoms with Crippen LogP contribution < -0.4 is 24.3 Å². The second kappa shape index (κ2) is 8.99. The number of ether oxygens (including phenoxy) is 2. The minimum Gasteiger partial charge on any atom is -0.490 e. The van der Waals surface area contributed by atoms with Gasteiger partial charge in [-0.15, -0.1) is 0 Å². The standard InChI is InChI=1S/C17H19NO8S/c1-3-22-12-8-5-6-9-13(12)26-27(20,21)15-11-7-10-14(16(15)23-4-2)24-25-17(18)19/h5-11H,3-4H2,1-2H3,(H2,18,19). The van der Waals surface area contributed by atoms with Gasteiger partial charge < -0.3 is 19.4 Å². The van der Waals surface area contributed by atoms with E-state index < -0.39 is 16.2 Å². The zero-order valence-corrected chi connectivity index (χ0v) is 15.5. The molecule has 2 aromatic rings. The van der Waals surface area contributed by atoms with Gasteiger partial charge in [0.25, 0.3) is 0 Å². The summed E-state index contributed by atoms with van der Waals surface area (Å²) < 4.78 is 41.5. The molecule has 2 N–H and O–H groups in total. The average Bonchev–Trinajstić information content (AvgIpc) is 2.62. The number of amides is 1. The monoisotopic (exact) mass is 397 g/mol. The average molecular weight is 397 g/mol. The van der Waals surface area contributed by atoms with Crippen molar-refractivity contribution < 1.29 is 36.6 Å². The van der Waals surface area contributed by atoms with E-state index in [-0.39, 0.29) is 34.5 Å². The molecule has 0 aromatic heterocycles. The summed E-state index contributed by atoms with van der Waals surface area (Å²) in [5.41, 5.74) is 4.85. The first kappa shape index (κ1) is 20.2. The van der Waals surface area contributed by atoms with Gasteiger partial charge in [0.1, 0.15) is 0 Å². The summed E-state index contributed by atoms with van der Waals surface area (Å²) >= 11 is 0. The summed E-state index contributed by atoms with van der Waals surface area (Å²) in [5, 5.41) is 0. The second-order valence-electron chi connectivity index (χ2n) is 4.92. The highest BCUT2D eigenvalue weighted by Crippen LogP contribution is 2.37. The number of para-hydroxylation sites is 3. The van der Waals surface area contributed by atoms with E-state index >= 15 is 0 Å². The molecule has 0 aliphatic carbocycles. The fourth-order valence-electron chi connectivity index (χ4n) is 2.09. The van der Waals surface area contributed by atoms with E-state index in [1.807, 2.05) is 0 Å². The SMILES string of the molecule is CCOc1ccccc1OS(=O)(=O)c1cccc(OOC(N)=O)c1OCC. The molecule has 0 saturated carbocycles. The second-order valence-corrected chi connectivity index (χ2v) is 6.43. The maximum Gasteiger partial charge on any atom is 0.447 e. The molecule has 0 aliphatic heterocycles. The Labute approximate surface area is 156 Å². The lowest BCUT2D eigenvalue weighted by Crippen LogP contribution is -2.17. The van der Waals surface area contributed by atoms with E-state index in [2.05, 4.69) is 4.89 Å². The van der Waals surface area contributed by atoms with Crippen LogP contribution in [0, 0.1) is 0 Å². The predicted molar refractivity (Wildman–Crippen MR) is 94.3 cm³/mol. The zero-order chi connectivity index (χ0) is 19.9. The maximum atomic E-state index is 12.8. The van der Waals surface area contributed by atoms with Crippen molar-refractivity contribution in [3.63, 3.8) is 0 Å². The Balaban J connectivity index is 2.43. The van der Waals surface area contributed by atoms with Crippen LogP contribution in [0.3, 0.4) is 0 Å². The van der Waals surface area contributed by atoms with Gasteiger partial charge in [-0.3, -0.25) is 4.89 Å². The van der Waals surface area contributed by atoms with Crippen molar-refractivity contribution in [2.24, 2.45) is 5.73 Å². The number of carbonyl (C=O) groups is 1. The maximum absolute atomic E-state index is 12.8. The molecule has 0 radical (unpaired) electrons. The highest BCUT2D eigenvalue weighted by molar-refractivity contribution is 7.87. The van der Waals surface area contributed by atoms with Crippen LogP contribution >= 0.6 is 0 Å². The highest BCUT2D eigenvalue weighted by Gasteiger charge is 2.27. The third kappa shape index (κ3) is 5.17. The van der Waals surface area contributed by atoms with Crippen molar-refractivity contribution in [2.45, 2.75) is 18.7 Å². The fourth-order valence-corrected chi connectivity index (χ4v) is 3.18. The lowest BCUT2D eigenvalue weighted by atomic mass is 10.3. The Hall–Kier alpha value is -3.14. The lowest BCUT2D eigenvalue weighted by Gasteiger charge is -2.15. The van der Waals surface area contributed by atoms with E-state index in [0.29, 0.717) is 6.61 Å². The first-order valence-electron chi connectivity index (χ1n) is 7.95. The predicted octanol–water partition coefficient (Wildman–Crippen LogP) is 2.64. The van der Waals surface area contributed by atoms with E-state index in [0.717, 1.165) is 0 Å². The topological polar surface area (TPSA) is 123 Å². The molecule has 0 aliphatic rings. The minimum atomic E-state index is -4.32. The van der Waals surface area contributed by atoms with Crippen molar-refractivity contribution in [3.05, 3.63) is 42.5 Å². The summed E-state index contributed by atoms with van der Waals surface area (Å²) in [7, 11) is -4.32. The van der Waals surface area contributed by atoms with Crippen LogP contribution in [0.25, 0.3) is 0 Å². The van der Waals surface area contributed by atoms with Crippen molar-refractivity contribution in [1.29, 1.82) is 0 Å². The van der Waals surface area contributed by atoms with Gasteiger partial charge in [-0.1, -0.05) is 18.2 Å². The van der Waals surface area contributed by atoms with Crippen LogP contribution in [0.1, 0.15) is 13.8 Å². The molecule has 0 atom stereocenters. The Morgan fingerprint density at radius 3 is 2.19 bits per heavy atom. The summed E-state index contributed by atoms with van der Waals surface area (Å²) in [5.74, 6) is -0.0546. The first-order chi connectivity index (χ1) is 12.9. The molecule has 0 spiro atoms. The number of hydrogen-bond donors (Lipinski definition) is 1. The molecule has 10 heteroatoms. The smallest absolute Gasteiger partial charge is 0.447 e. The molecular weight excluding hydrogens is 378 g/mol. The lowest BCUT2D eigenvalue weighted by molar-refractivity contribution is -0.140. The van der Waals surface area contributed by atoms with Crippen LogP contribution in [-0.2, 0) is 15.0 Å². The highest BCUT2D eigenvalue weighted by atomic mass is 32.2. The molecule has 0 unspecified atom stereocenters. The van der Waals surface area contributed by atoms with Gasteiger partial charge in [0.2, 0.25) is 5.75 Å². The van der Waals surface area contributed by atoms with Crippen LogP contribution in [0.5, 0.6) is 23.0 Å². The minimum absolute atomic E-state index is 0.0153. The Kier molecular flexibility index (Phi) is 6.72. The van der Waals surface area contributed by atoms with Crippen LogP contribution in [0.15, 0.2) is 47.4 Å². The number of rotatable bonds is 9. The van der Waals surface area contributed by atoms with Gasteiger partial charge in [0.15, 0.2) is 22.1 Å². The van der Waals surface area contributed by atoms with Gasteiger partial charge in [-0.25, -0.2) is 9.68 Å². The Bertz CT molecular complexity index is 898. The third-order valence-corrected chi connectivity index (χ3v) is 4.32. The van der Waals surface area contributed by atoms with Gasteiger partial charge in [0, 0.05) is 0 Å². The zero-order valence-electron chi connectivity index (χ0n) is 14.7. The Morgan fingerprint density at radius 1 is 0.926 bits per heavy atom. The molecule has 0 heterocycles. The van der Waals surface area contributed by atoms with Gasteiger partial charge in [-0.2, -0.15) is 8.42 Å². The number of hydrogen-bond acceptors (Lipinski definition) is 8. The van der Waals surface area contributed by atoms with E-state index in [9.17, 15) is 13.2 Å². The third-order valence-electron chi connectivity index (χ3n) is 3.06. The molecule has 0 fully saturated rings. The van der Waals surface area contributed by atoms with Gasteiger partial charge >= 0.3 is 16.2 Å². The molecule has 2 rings (SSSR count). The van der Waals surface area contributed by atoms with Crippen LogP contribution in [-0.4, -0.2) is 27.7 Å². The van der Waals surface area contributed by atoms with Crippen LogP contribution in [0.2, 0.25) is 0 Å². The Morgan fingerprint density at radius 2 is 1.56 bits per heavy atom. The number of carbonyl (C=O) groups excluding carboxylic acids is 1. The summed E-state index contributed by atoms with van der Waals surface area (Å²) in [4.78, 5) is 19.4. The molecule has 2 aromatic carbocycles. The first-order valence-corrected chi connectivity index (χ1v) is 9.36. The molecule has 9 nitrogen and oxygen atoms in total. The van der Waals surface area contributed by atoms with Crippen molar-refractivity contribution >= 4 is 16.2 Å². The summed E-state index contributed by atoms with van der Waals surface area (Å²) in [6, 6.07) is 10.3. The molecule has 0 bridgehead atoms. The summed E-state index contributed by atoms with van der Waals surface area (Å²) in [6.07, 6.45) is -1.20. The van der Waals surface area contributed by atoms with Crippen molar-refractivity contribution in [1.82, 2.24) is 0 Å². The quantitative estimate of drug-likeness (QED) is 0.389. The van der Waals surface area contributed by atoms with Crippen molar-refractivity contribution in [2.75, 3.05) is 13.2 Å². The van der Waals surface area contributed by atoms with E-state index in [1.165, 1.54) is 24.3 Å². The normalized spacial score (nSPS) is 10.7. The number of primary amides is 1. The number of benzene rings is 2. The summed E-state index contributed by atoms with van der Waals surface area (Å²) in [6.45, 7) is 3.86. The van der Waals surface area contributed by atoms with Gasteiger partial charge in [0.05, 0.1) is 13.2 Å². The molecule has 1 amide bonds. The van der Waals surface area contributed by atoms with Gasteiger partial charge in [-0.05, 0) is 38.1 Å². The number of nitrogens with two attached hydrogens (primary N) is 1. The molecular formula is C17H19NO8S. The molecule has 27 heavy (non-hydrogen) atoms. The van der Waals surface area contributed by atoms with Crippen LogP contribution in [0.4, 0.5) is 4.79 Å². The molecule has 0 saturated heterocycles. The van der Waals surface area contributed by atoms with E-state index in [1.54, 1.807) is 32.0 Å². The van der Waals surface area contributed by atoms with Crippen molar-refractivity contribution in [3.8, 4) is 23.0 Å².